The molecule has 1 aromatic rings. The van der Waals surface area contributed by atoms with Crippen molar-refractivity contribution in [2.45, 2.75) is 19.9 Å². The highest BCUT2D eigenvalue weighted by molar-refractivity contribution is 5.68. The summed E-state index contributed by atoms with van der Waals surface area (Å²) in [5, 5.41) is 12.3. The van der Waals surface area contributed by atoms with E-state index >= 15 is 0 Å². The van der Waals surface area contributed by atoms with Gasteiger partial charge < -0.3 is 4.74 Å². The molecule has 0 saturated carbocycles. The molecule has 0 spiro atoms. The van der Waals surface area contributed by atoms with Crippen molar-refractivity contribution in [1.29, 1.82) is 5.26 Å². The predicted molar refractivity (Wildman–Crippen MR) is 48.2 cm³/mol. The van der Waals surface area contributed by atoms with Crippen molar-refractivity contribution >= 4 is 5.97 Å². The minimum absolute atomic E-state index is 0.0965. The minimum atomic E-state index is -0.320. The maximum Gasteiger partial charge on any atom is 0.327 e. The van der Waals surface area contributed by atoms with Gasteiger partial charge in [-0.1, -0.05) is 0 Å². The monoisotopic (exact) mass is 193 g/mol. The fourth-order valence-corrected chi connectivity index (χ4v) is 1.01. The SMILES string of the molecule is CCOC(=O)Cn1cc(CC#N)cn1. The molecule has 14 heavy (non-hydrogen) atoms. The zero-order valence-corrected chi connectivity index (χ0v) is 7.93. The number of hydrogen-bond donors (Lipinski definition) is 0. The highest BCUT2D eigenvalue weighted by Crippen LogP contribution is 1.98. The van der Waals surface area contributed by atoms with Crippen LogP contribution in [0.25, 0.3) is 0 Å². The summed E-state index contributed by atoms with van der Waals surface area (Å²) in [6.07, 6.45) is 3.55. The molecule has 0 atom stereocenters. The first-order valence-corrected chi connectivity index (χ1v) is 4.30. The van der Waals surface area contributed by atoms with Gasteiger partial charge in [0.05, 0.1) is 25.3 Å². The van der Waals surface area contributed by atoms with Crippen molar-refractivity contribution in [1.82, 2.24) is 9.78 Å². The van der Waals surface area contributed by atoms with E-state index in [-0.39, 0.29) is 12.5 Å². The Hall–Kier alpha value is -1.83. The molecule has 74 valence electrons. The number of nitriles is 1. The Morgan fingerprint density at radius 1 is 1.79 bits per heavy atom. The van der Waals surface area contributed by atoms with E-state index in [1.807, 2.05) is 6.07 Å². The Labute approximate surface area is 81.9 Å². The van der Waals surface area contributed by atoms with Gasteiger partial charge in [-0.25, -0.2) is 0 Å². The molecule has 0 aliphatic rings. The zero-order valence-electron chi connectivity index (χ0n) is 7.93. The van der Waals surface area contributed by atoms with Gasteiger partial charge in [-0.3, -0.25) is 9.48 Å². The van der Waals surface area contributed by atoms with Crippen LogP contribution in [0.1, 0.15) is 12.5 Å². The summed E-state index contributed by atoms with van der Waals surface area (Å²) in [5.74, 6) is -0.320. The maximum atomic E-state index is 11.0. The van der Waals surface area contributed by atoms with Gasteiger partial charge in [0.25, 0.3) is 0 Å². The highest BCUT2D eigenvalue weighted by Gasteiger charge is 2.04. The quantitative estimate of drug-likeness (QED) is 0.653. The number of carbonyl (C=O) groups is 1. The lowest BCUT2D eigenvalue weighted by atomic mass is 10.3. The fourth-order valence-electron chi connectivity index (χ4n) is 1.01. The molecular formula is C9H11N3O2. The second-order valence-electron chi connectivity index (χ2n) is 2.69. The van der Waals surface area contributed by atoms with Crippen LogP contribution in [0, 0.1) is 11.3 Å². The van der Waals surface area contributed by atoms with Crippen LogP contribution in [0.15, 0.2) is 12.4 Å². The lowest BCUT2D eigenvalue weighted by molar-refractivity contribution is -0.144. The van der Waals surface area contributed by atoms with Gasteiger partial charge in [-0.15, -0.1) is 0 Å². The Balaban J connectivity index is 2.51. The van der Waals surface area contributed by atoms with E-state index in [1.54, 1.807) is 19.3 Å². The van der Waals surface area contributed by atoms with Crippen molar-refractivity contribution in [3.63, 3.8) is 0 Å². The van der Waals surface area contributed by atoms with E-state index in [1.165, 1.54) is 4.68 Å². The first-order chi connectivity index (χ1) is 6.76. The standard InChI is InChI=1S/C9H11N3O2/c1-2-14-9(13)7-12-6-8(3-4-10)5-11-12/h5-6H,2-3,7H2,1H3. The average molecular weight is 193 g/mol. The summed E-state index contributed by atoms with van der Waals surface area (Å²) in [7, 11) is 0. The average Bonchev–Trinajstić information content (AvgIpc) is 2.53. The molecule has 0 saturated heterocycles. The van der Waals surface area contributed by atoms with Gasteiger partial charge in [0.15, 0.2) is 0 Å². The third-order valence-corrected chi connectivity index (χ3v) is 1.57. The molecular weight excluding hydrogens is 182 g/mol. The van der Waals surface area contributed by atoms with Gasteiger partial charge in [0.1, 0.15) is 6.54 Å². The molecule has 1 aromatic heterocycles. The molecule has 5 heteroatoms. The van der Waals surface area contributed by atoms with Crippen LogP contribution >= 0.6 is 0 Å². The summed E-state index contributed by atoms with van der Waals surface area (Å²) in [6, 6.07) is 2.01. The van der Waals surface area contributed by atoms with Gasteiger partial charge in [-0.2, -0.15) is 10.4 Å². The van der Waals surface area contributed by atoms with Gasteiger partial charge in [0, 0.05) is 11.8 Å². The molecule has 0 aromatic carbocycles. The second-order valence-corrected chi connectivity index (χ2v) is 2.69. The molecule has 5 nitrogen and oxygen atoms in total. The van der Waals surface area contributed by atoms with Crippen molar-refractivity contribution < 1.29 is 9.53 Å². The van der Waals surface area contributed by atoms with Crippen LogP contribution < -0.4 is 0 Å². The Morgan fingerprint density at radius 2 is 2.57 bits per heavy atom. The topological polar surface area (TPSA) is 67.9 Å². The summed E-state index contributed by atoms with van der Waals surface area (Å²) in [4.78, 5) is 11.0. The minimum Gasteiger partial charge on any atom is -0.465 e. The first-order valence-electron chi connectivity index (χ1n) is 4.30. The van der Waals surface area contributed by atoms with Crippen LogP contribution in [0.2, 0.25) is 0 Å². The number of nitrogens with zero attached hydrogens (tertiary/aromatic N) is 3. The number of esters is 1. The van der Waals surface area contributed by atoms with Gasteiger partial charge in [0.2, 0.25) is 0 Å². The number of ether oxygens (including phenoxy) is 1. The van der Waals surface area contributed by atoms with Crippen LogP contribution in [0.4, 0.5) is 0 Å². The van der Waals surface area contributed by atoms with Crippen LogP contribution in [0.3, 0.4) is 0 Å². The van der Waals surface area contributed by atoms with E-state index in [9.17, 15) is 4.79 Å². The Bertz CT molecular complexity index is 351. The largest absolute Gasteiger partial charge is 0.465 e. The number of carbonyl (C=O) groups excluding carboxylic acids is 1. The van der Waals surface area contributed by atoms with Gasteiger partial charge in [-0.05, 0) is 6.92 Å². The third kappa shape index (κ3) is 2.90. The summed E-state index contributed by atoms with van der Waals surface area (Å²) in [6.45, 7) is 2.21. The number of aromatic nitrogens is 2. The normalized spacial score (nSPS) is 9.43. The number of hydrogen-bond acceptors (Lipinski definition) is 4. The lowest BCUT2D eigenvalue weighted by Gasteiger charge is -2.00. The Morgan fingerprint density at radius 3 is 3.21 bits per heavy atom. The smallest absolute Gasteiger partial charge is 0.327 e. The van der Waals surface area contributed by atoms with Crippen LogP contribution in [-0.4, -0.2) is 22.4 Å². The fraction of sp³-hybridized carbons (Fsp3) is 0.444. The molecule has 0 N–H and O–H groups in total. The molecule has 1 rings (SSSR count). The first kappa shape index (κ1) is 10.3. The molecule has 1 heterocycles. The molecule has 0 bridgehead atoms. The summed E-state index contributed by atoms with van der Waals surface area (Å²) in [5.41, 5.74) is 0.803. The number of rotatable bonds is 4. The van der Waals surface area contributed by atoms with Crippen LogP contribution in [0.5, 0.6) is 0 Å². The summed E-state index contributed by atoms with van der Waals surface area (Å²) < 4.78 is 6.21. The second kappa shape index (κ2) is 5.02. The van der Waals surface area contributed by atoms with E-state index < -0.39 is 0 Å². The summed E-state index contributed by atoms with van der Waals surface area (Å²) >= 11 is 0. The molecule has 0 aliphatic heterocycles. The van der Waals surface area contributed by atoms with E-state index in [0.717, 1.165) is 5.56 Å². The molecule has 0 radical (unpaired) electrons. The van der Waals surface area contributed by atoms with Crippen LogP contribution in [-0.2, 0) is 22.5 Å². The van der Waals surface area contributed by atoms with E-state index in [2.05, 4.69) is 5.10 Å². The zero-order chi connectivity index (χ0) is 10.4. The van der Waals surface area contributed by atoms with E-state index in [4.69, 9.17) is 10.00 Å². The molecule has 0 aliphatic carbocycles. The molecule has 0 fully saturated rings. The lowest BCUT2D eigenvalue weighted by Crippen LogP contribution is -2.13. The third-order valence-electron chi connectivity index (χ3n) is 1.57. The molecule has 0 unspecified atom stereocenters. The van der Waals surface area contributed by atoms with Crippen molar-refractivity contribution in [3.8, 4) is 6.07 Å². The predicted octanol–water partition coefficient (Wildman–Crippen LogP) is 0.512. The van der Waals surface area contributed by atoms with Gasteiger partial charge >= 0.3 is 5.97 Å². The highest BCUT2D eigenvalue weighted by atomic mass is 16.5. The Kier molecular flexibility index (Phi) is 3.68. The van der Waals surface area contributed by atoms with Crippen molar-refractivity contribution in [2.75, 3.05) is 6.61 Å². The van der Waals surface area contributed by atoms with Crippen molar-refractivity contribution in [2.24, 2.45) is 0 Å². The van der Waals surface area contributed by atoms with Crippen molar-refractivity contribution in [3.05, 3.63) is 18.0 Å². The molecule has 0 amide bonds. The maximum absolute atomic E-state index is 11.0. The van der Waals surface area contributed by atoms with E-state index in [0.29, 0.717) is 13.0 Å².